The summed E-state index contributed by atoms with van der Waals surface area (Å²) in [6.45, 7) is 3.21. The Kier molecular flexibility index (Phi) is 4.76. The SMILES string of the molecule is CCCNC(Cc1ncc[nH]1)c1csc(Br)c1. The lowest BCUT2D eigenvalue weighted by Crippen LogP contribution is -2.24. The molecule has 2 heterocycles. The van der Waals surface area contributed by atoms with E-state index < -0.39 is 0 Å². The van der Waals surface area contributed by atoms with Crippen LogP contribution >= 0.6 is 27.3 Å². The molecule has 1 unspecified atom stereocenters. The van der Waals surface area contributed by atoms with E-state index in [0.29, 0.717) is 6.04 Å². The molecule has 0 amide bonds. The van der Waals surface area contributed by atoms with E-state index in [1.54, 1.807) is 17.5 Å². The maximum atomic E-state index is 4.29. The highest BCUT2D eigenvalue weighted by Crippen LogP contribution is 2.26. The Labute approximate surface area is 114 Å². The van der Waals surface area contributed by atoms with E-state index in [1.165, 1.54) is 9.35 Å². The highest BCUT2D eigenvalue weighted by molar-refractivity contribution is 9.11. The second-order valence-corrected chi connectivity index (χ2v) is 6.22. The van der Waals surface area contributed by atoms with Crippen molar-refractivity contribution in [3.05, 3.63) is 39.0 Å². The molecule has 0 spiro atoms. The summed E-state index contributed by atoms with van der Waals surface area (Å²) in [5, 5.41) is 5.76. The number of nitrogens with one attached hydrogen (secondary N) is 2. The second-order valence-electron chi connectivity index (χ2n) is 3.93. The van der Waals surface area contributed by atoms with E-state index in [9.17, 15) is 0 Å². The topological polar surface area (TPSA) is 40.7 Å². The van der Waals surface area contributed by atoms with Crippen molar-refractivity contribution >= 4 is 27.3 Å². The largest absolute Gasteiger partial charge is 0.349 e. The minimum atomic E-state index is 0.337. The minimum Gasteiger partial charge on any atom is -0.349 e. The number of halogens is 1. The molecule has 0 radical (unpaired) electrons. The average Bonchev–Trinajstić information content (AvgIpc) is 2.95. The Morgan fingerprint density at radius 2 is 2.47 bits per heavy atom. The first kappa shape index (κ1) is 12.8. The number of hydrogen-bond acceptors (Lipinski definition) is 3. The molecule has 0 aromatic carbocycles. The van der Waals surface area contributed by atoms with Gasteiger partial charge in [0.15, 0.2) is 0 Å². The van der Waals surface area contributed by atoms with Gasteiger partial charge in [0.2, 0.25) is 0 Å². The van der Waals surface area contributed by atoms with Crippen LogP contribution in [0.25, 0.3) is 0 Å². The van der Waals surface area contributed by atoms with Crippen LogP contribution in [-0.4, -0.2) is 16.5 Å². The third kappa shape index (κ3) is 3.66. The maximum absolute atomic E-state index is 4.29. The van der Waals surface area contributed by atoms with E-state index >= 15 is 0 Å². The molecule has 0 bridgehead atoms. The average molecular weight is 314 g/mol. The maximum Gasteiger partial charge on any atom is 0.107 e. The number of imidazole rings is 1. The van der Waals surface area contributed by atoms with Gasteiger partial charge in [0, 0.05) is 24.9 Å². The molecule has 0 saturated carbocycles. The van der Waals surface area contributed by atoms with Gasteiger partial charge in [0.1, 0.15) is 5.82 Å². The van der Waals surface area contributed by atoms with Gasteiger partial charge in [-0.15, -0.1) is 11.3 Å². The predicted molar refractivity (Wildman–Crippen MR) is 75.3 cm³/mol. The van der Waals surface area contributed by atoms with Crippen molar-refractivity contribution in [2.45, 2.75) is 25.8 Å². The van der Waals surface area contributed by atoms with E-state index in [4.69, 9.17) is 0 Å². The molecule has 0 aliphatic heterocycles. The van der Waals surface area contributed by atoms with Gasteiger partial charge in [-0.1, -0.05) is 6.92 Å². The molecule has 0 saturated heterocycles. The van der Waals surface area contributed by atoms with Crippen molar-refractivity contribution in [1.29, 1.82) is 0 Å². The molecule has 2 N–H and O–H groups in total. The number of thiophene rings is 1. The highest BCUT2D eigenvalue weighted by atomic mass is 79.9. The van der Waals surface area contributed by atoms with Crippen LogP contribution in [0.2, 0.25) is 0 Å². The first-order valence-corrected chi connectivity index (χ1v) is 7.42. The zero-order valence-electron chi connectivity index (χ0n) is 9.74. The molecule has 0 aliphatic carbocycles. The number of aromatic nitrogens is 2. The summed E-state index contributed by atoms with van der Waals surface area (Å²) >= 11 is 5.24. The fourth-order valence-corrected chi connectivity index (χ4v) is 2.97. The molecule has 2 aromatic heterocycles. The van der Waals surface area contributed by atoms with Crippen LogP contribution in [-0.2, 0) is 6.42 Å². The van der Waals surface area contributed by atoms with Crippen molar-refractivity contribution in [2.24, 2.45) is 0 Å². The molecule has 0 fully saturated rings. The highest BCUT2D eigenvalue weighted by Gasteiger charge is 2.14. The Morgan fingerprint density at radius 1 is 1.59 bits per heavy atom. The lowest BCUT2D eigenvalue weighted by molar-refractivity contribution is 0.521. The molecule has 3 nitrogen and oxygen atoms in total. The smallest absolute Gasteiger partial charge is 0.107 e. The quantitative estimate of drug-likeness (QED) is 0.856. The summed E-state index contributed by atoms with van der Waals surface area (Å²) in [6, 6.07) is 2.52. The van der Waals surface area contributed by atoms with Crippen LogP contribution in [0.1, 0.15) is 30.8 Å². The summed E-state index contributed by atoms with van der Waals surface area (Å²) in [4.78, 5) is 7.45. The second kappa shape index (κ2) is 6.33. The fourth-order valence-electron chi connectivity index (χ4n) is 1.74. The number of rotatable bonds is 6. The third-order valence-corrected chi connectivity index (χ3v) is 4.11. The Balaban J connectivity index is 2.07. The normalized spacial score (nSPS) is 12.8. The van der Waals surface area contributed by atoms with E-state index in [-0.39, 0.29) is 0 Å². The van der Waals surface area contributed by atoms with Gasteiger partial charge >= 0.3 is 0 Å². The molecule has 0 aliphatic rings. The van der Waals surface area contributed by atoms with Crippen LogP contribution in [0.5, 0.6) is 0 Å². The van der Waals surface area contributed by atoms with Gasteiger partial charge in [-0.2, -0.15) is 0 Å². The van der Waals surface area contributed by atoms with Crippen molar-refractivity contribution < 1.29 is 0 Å². The number of nitrogens with zero attached hydrogens (tertiary/aromatic N) is 1. The van der Waals surface area contributed by atoms with Gasteiger partial charge in [0.25, 0.3) is 0 Å². The molecule has 2 rings (SSSR count). The van der Waals surface area contributed by atoms with Gasteiger partial charge in [-0.3, -0.25) is 0 Å². The lowest BCUT2D eigenvalue weighted by Gasteiger charge is -2.16. The van der Waals surface area contributed by atoms with Crippen molar-refractivity contribution in [1.82, 2.24) is 15.3 Å². The van der Waals surface area contributed by atoms with E-state index in [0.717, 1.165) is 25.2 Å². The molecule has 5 heteroatoms. The predicted octanol–water partition coefficient (Wildman–Crippen LogP) is 3.52. The molecular weight excluding hydrogens is 298 g/mol. The van der Waals surface area contributed by atoms with Crippen LogP contribution in [0.15, 0.2) is 27.6 Å². The zero-order valence-corrected chi connectivity index (χ0v) is 12.1. The van der Waals surface area contributed by atoms with E-state index in [2.05, 4.69) is 49.6 Å². The molecule has 2 aromatic rings. The summed E-state index contributed by atoms with van der Waals surface area (Å²) in [5.41, 5.74) is 1.33. The Morgan fingerprint density at radius 3 is 3.06 bits per heavy atom. The Hall–Kier alpha value is -0.650. The summed E-state index contributed by atoms with van der Waals surface area (Å²) in [7, 11) is 0. The van der Waals surface area contributed by atoms with Gasteiger partial charge in [-0.05, 0) is 45.9 Å². The van der Waals surface area contributed by atoms with Crippen molar-refractivity contribution in [3.63, 3.8) is 0 Å². The summed E-state index contributed by atoms with van der Waals surface area (Å²) in [5.74, 6) is 1.03. The van der Waals surface area contributed by atoms with Crippen molar-refractivity contribution in [2.75, 3.05) is 6.54 Å². The van der Waals surface area contributed by atoms with Crippen LogP contribution in [0.3, 0.4) is 0 Å². The minimum absolute atomic E-state index is 0.337. The standard InChI is InChI=1S/C12H16BrN3S/c1-2-3-14-10(7-12-15-4-5-16-12)9-6-11(13)17-8-9/h4-6,8,10,14H,2-3,7H2,1H3,(H,15,16). The molecule has 17 heavy (non-hydrogen) atoms. The van der Waals surface area contributed by atoms with Crippen LogP contribution < -0.4 is 5.32 Å². The first-order chi connectivity index (χ1) is 8.29. The summed E-state index contributed by atoms with van der Waals surface area (Å²) < 4.78 is 1.18. The fraction of sp³-hybridized carbons (Fsp3) is 0.417. The summed E-state index contributed by atoms with van der Waals surface area (Å²) in [6.07, 6.45) is 5.71. The lowest BCUT2D eigenvalue weighted by atomic mass is 10.1. The Bertz CT molecular complexity index is 438. The number of aromatic amines is 1. The number of H-pyrrole nitrogens is 1. The van der Waals surface area contributed by atoms with Crippen LogP contribution in [0, 0.1) is 0 Å². The molecular formula is C12H16BrN3S. The molecule has 92 valence electrons. The molecule has 1 atom stereocenters. The monoisotopic (exact) mass is 313 g/mol. The third-order valence-electron chi connectivity index (χ3n) is 2.58. The van der Waals surface area contributed by atoms with Crippen molar-refractivity contribution in [3.8, 4) is 0 Å². The van der Waals surface area contributed by atoms with Gasteiger partial charge < -0.3 is 10.3 Å². The van der Waals surface area contributed by atoms with Gasteiger partial charge in [-0.25, -0.2) is 4.98 Å². The van der Waals surface area contributed by atoms with Crippen LogP contribution in [0.4, 0.5) is 0 Å². The zero-order chi connectivity index (χ0) is 12.1. The van der Waals surface area contributed by atoms with Gasteiger partial charge in [0.05, 0.1) is 3.79 Å². The number of hydrogen-bond donors (Lipinski definition) is 2. The first-order valence-electron chi connectivity index (χ1n) is 5.75. The van der Waals surface area contributed by atoms with E-state index in [1.807, 2.05) is 6.20 Å².